The number of hydrogen-bond donors (Lipinski definition) is 2. The molecule has 5 nitrogen and oxygen atoms in total. The van der Waals surface area contributed by atoms with Gasteiger partial charge in [-0.3, -0.25) is 9.71 Å². The summed E-state index contributed by atoms with van der Waals surface area (Å²) < 4.78 is 3.31. The number of carboxylic acid groups (broad SMARTS) is 1. The SMILES string of the molecule is CC.CCN1C(CNSc2ccc(Cl)cc2)=NC2C=CC(C(=O)O)=CC21. The van der Waals surface area contributed by atoms with Crippen LogP contribution in [-0.2, 0) is 4.79 Å². The highest BCUT2D eigenvalue weighted by Gasteiger charge is 2.34. The lowest BCUT2D eigenvalue weighted by molar-refractivity contribution is -0.132. The van der Waals surface area contributed by atoms with E-state index in [2.05, 4.69) is 16.5 Å². The number of hydrogen-bond acceptors (Lipinski definition) is 5. The summed E-state index contributed by atoms with van der Waals surface area (Å²) in [6.07, 6.45) is 5.30. The average Bonchev–Trinajstić information content (AvgIpc) is 3.01. The van der Waals surface area contributed by atoms with Crippen molar-refractivity contribution in [3.63, 3.8) is 0 Å². The van der Waals surface area contributed by atoms with Gasteiger partial charge in [-0.1, -0.05) is 31.5 Å². The molecule has 7 heteroatoms. The lowest BCUT2D eigenvalue weighted by Crippen LogP contribution is -2.41. The summed E-state index contributed by atoms with van der Waals surface area (Å²) in [5.74, 6) is 0.0483. The molecule has 0 aromatic heterocycles. The summed E-state index contributed by atoms with van der Waals surface area (Å²) >= 11 is 7.41. The van der Waals surface area contributed by atoms with Crippen molar-refractivity contribution in [2.45, 2.75) is 37.8 Å². The van der Waals surface area contributed by atoms with Gasteiger partial charge in [0.05, 0.1) is 24.2 Å². The number of nitrogens with one attached hydrogen (secondary N) is 1. The molecule has 2 N–H and O–H groups in total. The molecule has 2 atom stereocenters. The molecule has 0 saturated carbocycles. The molecule has 3 rings (SSSR count). The van der Waals surface area contributed by atoms with E-state index in [1.165, 1.54) is 11.9 Å². The Morgan fingerprint density at radius 3 is 2.65 bits per heavy atom. The minimum Gasteiger partial charge on any atom is -0.478 e. The van der Waals surface area contributed by atoms with Crippen molar-refractivity contribution in [3.05, 3.63) is 53.1 Å². The quantitative estimate of drug-likeness (QED) is 0.715. The van der Waals surface area contributed by atoms with Crippen LogP contribution in [0.3, 0.4) is 0 Å². The first kappa shape index (κ1) is 20.6. The van der Waals surface area contributed by atoms with Gasteiger partial charge in [0, 0.05) is 16.5 Å². The normalized spacial score (nSPS) is 20.7. The largest absolute Gasteiger partial charge is 0.478 e. The minimum atomic E-state index is -0.898. The number of halogens is 1. The second-order valence-electron chi connectivity index (χ2n) is 5.48. The van der Waals surface area contributed by atoms with Crippen molar-refractivity contribution in [2.24, 2.45) is 4.99 Å². The van der Waals surface area contributed by atoms with Gasteiger partial charge in [-0.15, -0.1) is 0 Å². The van der Waals surface area contributed by atoms with Crippen LogP contribution in [0.5, 0.6) is 0 Å². The fourth-order valence-electron chi connectivity index (χ4n) is 2.84. The molecule has 1 aliphatic heterocycles. The van der Waals surface area contributed by atoms with Crippen LogP contribution in [0.2, 0.25) is 5.02 Å². The third-order valence-electron chi connectivity index (χ3n) is 3.98. The predicted octanol–water partition coefficient (Wildman–Crippen LogP) is 4.01. The van der Waals surface area contributed by atoms with E-state index in [4.69, 9.17) is 21.7 Å². The first-order valence-electron chi connectivity index (χ1n) is 8.70. The Kier molecular flexibility index (Phi) is 7.75. The first-order valence-corrected chi connectivity index (χ1v) is 9.90. The summed E-state index contributed by atoms with van der Waals surface area (Å²) in [6, 6.07) is 7.61. The van der Waals surface area contributed by atoms with Gasteiger partial charge in [-0.05, 0) is 55.3 Å². The van der Waals surface area contributed by atoms with E-state index in [0.29, 0.717) is 17.1 Å². The number of likely N-dealkylation sites (N-methyl/N-ethyl adjacent to an activating group) is 1. The summed E-state index contributed by atoms with van der Waals surface area (Å²) in [5.41, 5.74) is 0.328. The van der Waals surface area contributed by atoms with E-state index in [1.54, 1.807) is 12.2 Å². The van der Waals surface area contributed by atoms with Gasteiger partial charge < -0.3 is 10.0 Å². The molecule has 1 aromatic carbocycles. The Morgan fingerprint density at radius 2 is 2.04 bits per heavy atom. The molecule has 1 aliphatic carbocycles. The van der Waals surface area contributed by atoms with E-state index in [0.717, 1.165) is 17.3 Å². The van der Waals surface area contributed by atoms with E-state index in [1.807, 2.05) is 44.2 Å². The topological polar surface area (TPSA) is 64.9 Å². The molecule has 2 unspecified atom stereocenters. The molecule has 0 spiro atoms. The van der Waals surface area contributed by atoms with Gasteiger partial charge in [0.25, 0.3) is 0 Å². The number of nitrogens with zero attached hydrogens (tertiary/aromatic N) is 2. The minimum absolute atomic E-state index is 0.00891. The molecule has 1 aromatic rings. The average molecular weight is 394 g/mol. The fourth-order valence-corrected chi connectivity index (χ4v) is 3.60. The smallest absolute Gasteiger partial charge is 0.335 e. The number of rotatable bonds is 6. The summed E-state index contributed by atoms with van der Waals surface area (Å²) in [6.45, 7) is 7.44. The zero-order valence-electron chi connectivity index (χ0n) is 15.1. The summed E-state index contributed by atoms with van der Waals surface area (Å²) in [4.78, 5) is 19.1. The molecule has 140 valence electrons. The first-order chi connectivity index (χ1) is 12.6. The number of benzene rings is 1. The van der Waals surface area contributed by atoms with Crippen molar-refractivity contribution < 1.29 is 9.90 Å². The van der Waals surface area contributed by atoms with Gasteiger partial charge in [0.15, 0.2) is 0 Å². The molecule has 0 fully saturated rings. The van der Waals surface area contributed by atoms with Crippen molar-refractivity contribution in [1.82, 2.24) is 9.62 Å². The van der Waals surface area contributed by atoms with Crippen molar-refractivity contribution in [3.8, 4) is 0 Å². The van der Waals surface area contributed by atoms with Crippen molar-refractivity contribution >= 4 is 35.4 Å². The van der Waals surface area contributed by atoms with Crippen LogP contribution in [0.1, 0.15) is 20.8 Å². The zero-order chi connectivity index (χ0) is 19.1. The maximum absolute atomic E-state index is 11.2. The molecule has 1 heterocycles. The van der Waals surface area contributed by atoms with Crippen LogP contribution >= 0.6 is 23.5 Å². The second-order valence-corrected chi connectivity index (χ2v) is 6.88. The summed E-state index contributed by atoms with van der Waals surface area (Å²) in [7, 11) is 0. The Bertz CT molecular complexity index is 716. The molecular formula is C19H24ClN3O2S. The lowest BCUT2D eigenvalue weighted by atomic mass is 9.98. The zero-order valence-corrected chi connectivity index (χ0v) is 16.7. The predicted molar refractivity (Wildman–Crippen MR) is 109 cm³/mol. The number of aliphatic imine (C=N–C) groups is 1. The van der Waals surface area contributed by atoms with Crippen LogP contribution in [0.15, 0.2) is 58.0 Å². The van der Waals surface area contributed by atoms with Gasteiger partial charge in [-0.2, -0.15) is 0 Å². The fraction of sp³-hybridized carbons (Fsp3) is 0.368. The second kappa shape index (κ2) is 9.80. The molecule has 0 bridgehead atoms. The highest BCUT2D eigenvalue weighted by molar-refractivity contribution is 7.97. The lowest BCUT2D eigenvalue weighted by Gasteiger charge is -2.28. The van der Waals surface area contributed by atoms with Crippen LogP contribution in [0.4, 0.5) is 0 Å². The third-order valence-corrected chi connectivity index (χ3v) is 5.03. The Morgan fingerprint density at radius 1 is 1.35 bits per heavy atom. The highest BCUT2D eigenvalue weighted by Crippen LogP contribution is 2.26. The van der Waals surface area contributed by atoms with Crippen LogP contribution in [0, 0.1) is 0 Å². The number of aliphatic carboxylic acids is 1. The van der Waals surface area contributed by atoms with E-state index in [9.17, 15) is 4.79 Å². The van der Waals surface area contributed by atoms with Crippen molar-refractivity contribution in [1.29, 1.82) is 0 Å². The number of amidine groups is 1. The molecular weight excluding hydrogens is 370 g/mol. The molecule has 0 saturated heterocycles. The van der Waals surface area contributed by atoms with Gasteiger partial charge in [0.2, 0.25) is 0 Å². The molecule has 2 aliphatic rings. The Hall–Kier alpha value is -1.76. The van der Waals surface area contributed by atoms with Crippen LogP contribution < -0.4 is 4.72 Å². The highest BCUT2D eigenvalue weighted by atomic mass is 35.5. The van der Waals surface area contributed by atoms with E-state index >= 15 is 0 Å². The van der Waals surface area contributed by atoms with Crippen LogP contribution in [-0.4, -0.2) is 47.0 Å². The molecule has 0 radical (unpaired) electrons. The number of carbonyl (C=O) groups is 1. The molecule has 26 heavy (non-hydrogen) atoms. The standard InChI is InChI=1S/C17H18ClN3O2S.C2H6/c1-2-21-15-9-11(17(22)23)3-8-14(15)20-16(21)10-19-24-13-6-4-12(18)5-7-13;1-2/h3-9,14-15,19H,2,10H2,1H3,(H,22,23);1-2H3. The maximum atomic E-state index is 11.2. The van der Waals surface area contributed by atoms with Crippen molar-refractivity contribution in [2.75, 3.05) is 13.1 Å². The van der Waals surface area contributed by atoms with Gasteiger partial charge >= 0.3 is 5.97 Å². The van der Waals surface area contributed by atoms with Gasteiger partial charge in [-0.25, -0.2) is 4.79 Å². The van der Waals surface area contributed by atoms with Gasteiger partial charge in [0.1, 0.15) is 5.84 Å². The van der Waals surface area contributed by atoms with E-state index in [-0.39, 0.29) is 12.1 Å². The number of carboxylic acids is 1. The summed E-state index contributed by atoms with van der Waals surface area (Å²) in [5, 5.41) is 9.89. The monoisotopic (exact) mass is 393 g/mol. The molecule has 0 amide bonds. The Balaban J connectivity index is 0.00000117. The van der Waals surface area contributed by atoms with E-state index < -0.39 is 5.97 Å². The third kappa shape index (κ3) is 4.90. The number of fused-ring (bicyclic) bond motifs is 1. The van der Waals surface area contributed by atoms with Crippen LogP contribution in [0.25, 0.3) is 0 Å². The Labute approximate surface area is 164 Å². The maximum Gasteiger partial charge on any atom is 0.335 e.